The fourth-order valence-corrected chi connectivity index (χ4v) is 1.45. The highest BCUT2D eigenvalue weighted by Crippen LogP contribution is 2.29. The first-order valence-electron chi connectivity index (χ1n) is 3.96. The Labute approximate surface area is 66.2 Å². The van der Waals surface area contributed by atoms with E-state index in [2.05, 4.69) is 13.8 Å². The van der Waals surface area contributed by atoms with Crippen molar-refractivity contribution >= 4 is 0 Å². The monoisotopic (exact) mass is 152 g/mol. The second-order valence-electron chi connectivity index (χ2n) is 3.24. The van der Waals surface area contributed by atoms with Crippen molar-refractivity contribution in [3.8, 4) is 0 Å². The molecule has 11 heavy (non-hydrogen) atoms. The zero-order valence-electron chi connectivity index (χ0n) is 6.89. The van der Waals surface area contributed by atoms with Gasteiger partial charge in [0.2, 0.25) is 0 Å². The van der Waals surface area contributed by atoms with Crippen molar-refractivity contribution in [1.82, 2.24) is 0 Å². The standard InChI is InChI=1S/C9H12O2/c1-6(2)7-4-11-9-5-10-3-8(7)9/h4,6H,3,5H2,1-2H3. The quantitative estimate of drug-likeness (QED) is 0.616. The van der Waals surface area contributed by atoms with Gasteiger partial charge in [0.15, 0.2) is 0 Å². The molecule has 0 saturated heterocycles. The van der Waals surface area contributed by atoms with Crippen LogP contribution in [0, 0.1) is 0 Å². The highest BCUT2D eigenvalue weighted by Gasteiger charge is 2.20. The summed E-state index contributed by atoms with van der Waals surface area (Å²) in [6.07, 6.45) is 1.86. The Morgan fingerprint density at radius 3 is 2.91 bits per heavy atom. The topological polar surface area (TPSA) is 22.4 Å². The van der Waals surface area contributed by atoms with Gasteiger partial charge in [0.25, 0.3) is 0 Å². The molecule has 60 valence electrons. The van der Waals surface area contributed by atoms with Crippen molar-refractivity contribution in [1.29, 1.82) is 0 Å². The van der Waals surface area contributed by atoms with E-state index in [4.69, 9.17) is 9.15 Å². The number of ether oxygens (including phenoxy) is 1. The predicted molar refractivity (Wildman–Crippen MR) is 41.3 cm³/mol. The van der Waals surface area contributed by atoms with Crippen LogP contribution in [0.4, 0.5) is 0 Å². The molecule has 0 aromatic carbocycles. The van der Waals surface area contributed by atoms with Crippen LogP contribution in [-0.4, -0.2) is 0 Å². The first-order chi connectivity index (χ1) is 5.29. The third-order valence-corrected chi connectivity index (χ3v) is 2.11. The molecular formula is C9H12O2. The maximum atomic E-state index is 5.34. The van der Waals surface area contributed by atoms with Gasteiger partial charge in [-0.05, 0) is 11.5 Å². The van der Waals surface area contributed by atoms with Crippen LogP contribution in [0.25, 0.3) is 0 Å². The molecule has 0 radical (unpaired) electrons. The van der Waals surface area contributed by atoms with Crippen LogP contribution in [0.2, 0.25) is 0 Å². The molecule has 2 heterocycles. The van der Waals surface area contributed by atoms with Crippen molar-refractivity contribution in [2.24, 2.45) is 0 Å². The van der Waals surface area contributed by atoms with Crippen LogP contribution in [0.15, 0.2) is 10.7 Å². The summed E-state index contributed by atoms with van der Waals surface area (Å²) in [4.78, 5) is 0. The summed E-state index contributed by atoms with van der Waals surface area (Å²) in [6, 6.07) is 0. The van der Waals surface area contributed by atoms with Gasteiger partial charge in [0.05, 0.1) is 12.9 Å². The second-order valence-corrected chi connectivity index (χ2v) is 3.24. The van der Waals surface area contributed by atoms with Gasteiger partial charge in [-0.3, -0.25) is 0 Å². The van der Waals surface area contributed by atoms with Crippen molar-refractivity contribution < 1.29 is 9.15 Å². The highest BCUT2D eigenvalue weighted by atomic mass is 16.5. The lowest BCUT2D eigenvalue weighted by atomic mass is 10.0. The van der Waals surface area contributed by atoms with Gasteiger partial charge in [-0.1, -0.05) is 13.8 Å². The van der Waals surface area contributed by atoms with Crippen LogP contribution in [0.1, 0.15) is 36.7 Å². The van der Waals surface area contributed by atoms with E-state index in [9.17, 15) is 0 Å². The van der Waals surface area contributed by atoms with Crippen LogP contribution >= 0.6 is 0 Å². The smallest absolute Gasteiger partial charge is 0.135 e. The van der Waals surface area contributed by atoms with E-state index in [1.807, 2.05) is 6.26 Å². The maximum Gasteiger partial charge on any atom is 0.135 e. The number of fused-ring (bicyclic) bond motifs is 1. The minimum Gasteiger partial charge on any atom is -0.466 e. The predicted octanol–water partition coefficient (Wildman–Crippen LogP) is 2.43. The van der Waals surface area contributed by atoms with Gasteiger partial charge < -0.3 is 9.15 Å². The number of rotatable bonds is 1. The molecule has 0 spiro atoms. The molecule has 1 aromatic heterocycles. The van der Waals surface area contributed by atoms with Crippen molar-refractivity contribution in [2.45, 2.75) is 33.0 Å². The Hall–Kier alpha value is -0.760. The summed E-state index contributed by atoms with van der Waals surface area (Å²) in [6.45, 7) is 5.73. The molecule has 0 saturated carbocycles. The Morgan fingerprint density at radius 2 is 2.18 bits per heavy atom. The van der Waals surface area contributed by atoms with Crippen molar-refractivity contribution in [3.63, 3.8) is 0 Å². The van der Waals surface area contributed by atoms with E-state index in [1.54, 1.807) is 0 Å². The Bertz CT molecular complexity index is 261. The van der Waals surface area contributed by atoms with Crippen molar-refractivity contribution in [2.75, 3.05) is 0 Å². The zero-order valence-corrected chi connectivity index (χ0v) is 6.89. The minimum atomic E-state index is 0.546. The van der Waals surface area contributed by atoms with E-state index < -0.39 is 0 Å². The Kier molecular flexibility index (Phi) is 1.50. The molecule has 0 N–H and O–H groups in total. The molecular weight excluding hydrogens is 140 g/mol. The van der Waals surface area contributed by atoms with E-state index in [-0.39, 0.29) is 0 Å². The summed E-state index contributed by atoms with van der Waals surface area (Å²) in [7, 11) is 0. The number of hydrogen-bond donors (Lipinski definition) is 0. The third-order valence-electron chi connectivity index (χ3n) is 2.11. The third kappa shape index (κ3) is 0.979. The normalized spacial score (nSPS) is 15.9. The van der Waals surface area contributed by atoms with Crippen LogP contribution in [0.3, 0.4) is 0 Å². The first kappa shape index (κ1) is 6.92. The number of furan rings is 1. The van der Waals surface area contributed by atoms with Crippen LogP contribution < -0.4 is 0 Å². The molecule has 0 unspecified atom stereocenters. The molecule has 1 aromatic rings. The van der Waals surface area contributed by atoms with Crippen LogP contribution in [-0.2, 0) is 18.0 Å². The summed E-state index contributed by atoms with van der Waals surface area (Å²) in [5.74, 6) is 1.57. The fraction of sp³-hybridized carbons (Fsp3) is 0.556. The van der Waals surface area contributed by atoms with Crippen molar-refractivity contribution in [3.05, 3.63) is 23.2 Å². The largest absolute Gasteiger partial charge is 0.466 e. The molecule has 1 aliphatic rings. The molecule has 1 aliphatic heterocycles. The minimum absolute atomic E-state index is 0.546. The molecule has 0 bridgehead atoms. The van der Waals surface area contributed by atoms with E-state index >= 15 is 0 Å². The summed E-state index contributed by atoms with van der Waals surface area (Å²) >= 11 is 0. The van der Waals surface area contributed by atoms with Gasteiger partial charge >= 0.3 is 0 Å². The summed E-state index contributed by atoms with van der Waals surface area (Å²) in [5.41, 5.74) is 2.58. The molecule has 0 fully saturated rings. The second kappa shape index (κ2) is 2.38. The lowest BCUT2D eigenvalue weighted by molar-refractivity contribution is 0.123. The van der Waals surface area contributed by atoms with E-state index in [0.717, 1.165) is 12.4 Å². The van der Waals surface area contributed by atoms with Gasteiger partial charge in [-0.25, -0.2) is 0 Å². The lowest BCUT2D eigenvalue weighted by Crippen LogP contribution is -1.89. The summed E-state index contributed by atoms with van der Waals surface area (Å²) in [5, 5.41) is 0. The zero-order chi connectivity index (χ0) is 7.84. The number of hydrogen-bond acceptors (Lipinski definition) is 2. The molecule has 0 aliphatic carbocycles. The molecule has 0 amide bonds. The van der Waals surface area contributed by atoms with Gasteiger partial charge in [0.1, 0.15) is 12.4 Å². The summed E-state index contributed by atoms with van der Waals surface area (Å²) < 4.78 is 10.6. The Morgan fingerprint density at radius 1 is 1.36 bits per heavy atom. The first-order valence-corrected chi connectivity index (χ1v) is 3.96. The average molecular weight is 152 g/mol. The van der Waals surface area contributed by atoms with Gasteiger partial charge in [-0.15, -0.1) is 0 Å². The van der Waals surface area contributed by atoms with Crippen LogP contribution in [0.5, 0.6) is 0 Å². The van der Waals surface area contributed by atoms with Gasteiger partial charge in [0, 0.05) is 5.56 Å². The molecule has 2 nitrogen and oxygen atoms in total. The molecule has 2 heteroatoms. The highest BCUT2D eigenvalue weighted by molar-refractivity contribution is 5.31. The Balaban J connectivity index is 2.42. The maximum absolute atomic E-state index is 5.34. The lowest BCUT2D eigenvalue weighted by Gasteiger charge is -2.01. The molecule has 0 atom stereocenters. The van der Waals surface area contributed by atoms with E-state index in [0.29, 0.717) is 12.5 Å². The molecule has 2 rings (SSSR count). The average Bonchev–Trinajstić information content (AvgIpc) is 2.41. The fourth-order valence-electron chi connectivity index (χ4n) is 1.45. The van der Waals surface area contributed by atoms with E-state index in [1.165, 1.54) is 11.1 Å². The SMILES string of the molecule is CC(C)c1coc2c1COC2. The van der Waals surface area contributed by atoms with Gasteiger partial charge in [-0.2, -0.15) is 0 Å².